The van der Waals surface area contributed by atoms with E-state index in [4.69, 9.17) is 11.6 Å². The Morgan fingerprint density at radius 3 is 2.74 bits per heavy atom. The molecular formula is C17H14ClN3O2. The quantitative estimate of drug-likeness (QED) is 0.786. The van der Waals surface area contributed by atoms with E-state index in [-0.39, 0.29) is 5.69 Å². The van der Waals surface area contributed by atoms with Crippen LogP contribution in [0.2, 0.25) is 5.02 Å². The fraction of sp³-hybridized carbons (Fsp3) is 0.118. The number of carbonyl (C=O) groups is 1. The average Bonchev–Trinajstić information content (AvgIpc) is 2.54. The Balaban J connectivity index is 2.06. The summed E-state index contributed by atoms with van der Waals surface area (Å²) in [6.07, 6.45) is 0. The third-order valence-corrected chi connectivity index (χ3v) is 3.88. The van der Waals surface area contributed by atoms with Crippen molar-refractivity contribution >= 4 is 34.2 Å². The maximum Gasteiger partial charge on any atom is 0.282 e. The first-order chi connectivity index (χ1) is 11.0. The number of anilines is 1. The average molecular weight is 328 g/mol. The lowest BCUT2D eigenvalue weighted by Gasteiger charge is -2.10. The number of nitrogens with zero attached hydrogens (tertiary/aromatic N) is 2. The zero-order chi connectivity index (χ0) is 16.6. The van der Waals surface area contributed by atoms with Gasteiger partial charge in [-0.15, -0.1) is 0 Å². The first-order valence-corrected chi connectivity index (χ1v) is 7.38. The third kappa shape index (κ3) is 2.83. The van der Waals surface area contributed by atoms with E-state index >= 15 is 0 Å². The van der Waals surface area contributed by atoms with E-state index in [0.29, 0.717) is 21.7 Å². The Morgan fingerprint density at radius 1 is 1.22 bits per heavy atom. The van der Waals surface area contributed by atoms with Gasteiger partial charge in [-0.25, -0.2) is 4.98 Å². The van der Waals surface area contributed by atoms with E-state index in [0.717, 1.165) is 5.56 Å². The Morgan fingerprint density at radius 2 is 1.96 bits per heavy atom. The van der Waals surface area contributed by atoms with Crippen molar-refractivity contribution in [3.8, 4) is 0 Å². The van der Waals surface area contributed by atoms with E-state index in [1.165, 1.54) is 4.57 Å². The van der Waals surface area contributed by atoms with Gasteiger partial charge in [0.25, 0.3) is 11.5 Å². The Labute approximate surface area is 137 Å². The van der Waals surface area contributed by atoms with Crippen molar-refractivity contribution in [2.45, 2.75) is 6.92 Å². The highest BCUT2D eigenvalue weighted by Gasteiger charge is 2.17. The molecule has 0 fully saturated rings. The number of nitrogens with one attached hydrogen (secondary N) is 1. The fourth-order valence-corrected chi connectivity index (χ4v) is 2.51. The van der Waals surface area contributed by atoms with E-state index in [2.05, 4.69) is 10.3 Å². The first kappa shape index (κ1) is 15.2. The van der Waals surface area contributed by atoms with Gasteiger partial charge in [0.15, 0.2) is 5.69 Å². The molecule has 116 valence electrons. The first-order valence-electron chi connectivity index (χ1n) is 7.00. The van der Waals surface area contributed by atoms with Crippen LogP contribution in [0.5, 0.6) is 0 Å². The summed E-state index contributed by atoms with van der Waals surface area (Å²) < 4.78 is 1.42. The number of benzene rings is 2. The second-order valence-electron chi connectivity index (χ2n) is 5.23. The summed E-state index contributed by atoms with van der Waals surface area (Å²) in [6.45, 7) is 1.85. The van der Waals surface area contributed by atoms with Gasteiger partial charge in [-0.1, -0.05) is 29.8 Å². The maximum absolute atomic E-state index is 12.5. The van der Waals surface area contributed by atoms with Gasteiger partial charge in [0.05, 0.1) is 11.0 Å². The largest absolute Gasteiger partial charge is 0.320 e. The lowest BCUT2D eigenvalue weighted by molar-refractivity contribution is 0.102. The molecule has 0 radical (unpaired) electrons. The summed E-state index contributed by atoms with van der Waals surface area (Å²) in [7, 11) is 1.62. The molecule has 0 saturated heterocycles. The molecule has 0 saturated carbocycles. The highest BCUT2D eigenvalue weighted by Crippen LogP contribution is 2.20. The maximum atomic E-state index is 12.5. The van der Waals surface area contributed by atoms with Crippen LogP contribution < -0.4 is 10.9 Å². The van der Waals surface area contributed by atoms with E-state index < -0.39 is 11.5 Å². The number of rotatable bonds is 2. The number of hydrogen-bond donors (Lipinski definition) is 1. The van der Waals surface area contributed by atoms with Crippen LogP contribution in [-0.4, -0.2) is 15.5 Å². The van der Waals surface area contributed by atoms with Crippen molar-refractivity contribution in [1.29, 1.82) is 0 Å². The molecule has 6 heteroatoms. The summed E-state index contributed by atoms with van der Waals surface area (Å²) in [5.74, 6) is -0.554. The standard InChI is InChI=1S/C17H14ClN3O2/c1-10-7-8-11(18)9-13(10)20-16(22)15-17(23)21(2)14-6-4-3-5-12(14)19-15/h3-9H,1-2H3,(H,20,22). The van der Waals surface area contributed by atoms with Crippen molar-refractivity contribution < 1.29 is 4.79 Å². The number of para-hydroxylation sites is 2. The summed E-state index contributed by atoms with van der Waals surface area (Å²) in [5.41, 5.74) is 2.07. The molecule has 3 rings (SSSR count). The van der Waals surface area contributed by atoms with Crippen molar-refractivity contribution in [2.75, 3.05) is 5.32 Å². The van der Waals surface area contributed by atoms with Crippen LogP contribution in [0.3, 0.4) is 0 Å². The Kier molecular flexibility index (Phi) is 3.88. The van der Waals surface area contributed by atoms with E-state index in [9.17, 15) is 9.59 Å². The molecule has 1 N–H and O–H groups in total. The molecule has 5 nitrogen and oxygen atoms in total. The molecule has 3 aromatic rings. The van der Waals surface area contributed by atoms with Crippen molar-refractivity contribution in [3.05, 3.63) is 69.1 Å². The molecule has 0 atom stereocenters. The minimum atomic E-state index is -0.554. The zero-order valence-electron chi connectivity index (χ0n) is 12.6. The van der Waals surface area contributed by atoms with Crippen LogP contribution in [0.1, 0.15) is 16.1 Å². The lowest BCUT2D eigenvalue weighted by Crippen LogP contribution is -2.30. The molecule has 0 spiro atoms. The van der Waals surface area contributed by atoms with Gasteiger partial charge < -0.3 is 9.88 Å². The molecule has 1 amide bonds. The predicted molar refractivity (Wildman–Crippen MR) is 91.1 cm³/mol. The van der Waals surface area contributed by atoms with Gasteiger partial charge in [-0.3, -0.25) is 9.59 Å². The van der Waals surface area contributed by atoms with Gasteiger partial charge in [0, 0.05) is 17.8 Å². The highest BCUT2D eigenvalue weighted by molar-refractivity contribution is 6.31. The summed E-state index contributed by atoms with van der Waals surface area (Å²) in [4.78, 5) is 29.0. The number of amides is 1. The van der Waals surface area contributed by atoms with Crippen LogP contribution >= 0.6 is 11.6 Å². The van der Waals surface area contributed by atoms with Crippen LogP contribution in [-0.2, 0) is 7.05 Å². The molecule has 0 aliphatic heterocycles. The monoisotopic (exact) mass is 327 g/mol. The molecule has 1 aromatic heterocycles. The molecular weight excluding hydrogens is 314 g/mol. The van der Waals surface area contributed by atoms with Crippen molar-refractivity contribution in [2.24, 2.45) is 7.05 Å². The van der Waals surface area contributed by atoms with Crippen molar-refractivity contribution in [3.63, 3.8) is 0 Å². The second-order valence-corrected chi connectivity index (χ2v) is 5.66. The van der Waals surface area contributed by atoms with Crippen LogP contribution in [0.4, 0.5) is 5.69 Å². The van der Waals surface area contributed by atoms with E-state index in [1.807, 2.05) is 19.1 Å². The number of halogens is 1. The molecule has 0 bridgehead atoms. The number of aryl methyl sites for hydroxylation is 2. The number of carbonyl (C=O) groups excluding carboxylic acids is 1. The topological polar surface area (TPSA) is 64.0 Å². The normalized spacial score (nSPS) is 10.7. The summed E-state index contributed by atoms with van der Waals surface area (Å²) in [6, 6.07) is 12.3. The van der Waals surface area contributed by atoms with Crippen molar-refractivity contribution in [1.82, 2.24) is 9.55 Å². The van der Waals surface area contributed by atoms with Crippen LogP contribution in [0.25, 0.3) is 11.0 Å². The predicted octanol–water partition coefficient (Wildman–Crippen LogP) is 3.15. The summed E-state index contributed by atoms with van der Waals surface area (Å²) >= 11 is 5.95. The van der Waals surface area contributed by atoms with Crippen LogP contribution in [0.15, 0.2) is 47.3 Å². The van der Waals surface area contributed by atoms with Gasteiger partial charge >= 0.3 is 0 Å². The van der Waals surface area contributed by atoms with Gasteiger partial charge in [0.2, 0.25) is 0 Å². The highest BCUT2D eigenvalue weighted by atomic mass is 35.5. The molecule has 0 aliphatic carbocycles. The Hall–Kier alpha value is -2.66. The molecule has 0 aliphatic rings. The zero-order valence-corrected chi connectivity index (χ0v) is 13.4. The Bertz CT molecular complexity index is 979. The van der Waals surface area contributed by atoms with E-state index in [1.54, 1.807) is 37.4 Å². The van der Waals surface area contributed by atoms with Gasteiger partial charge in [-0.05, 0) is 36.8 Å². The smallest absolute Gasteiger partial charge is 0.282 e. The summed E-state index contributed by atoms with van der Waals surface area (Å²) in [5, 5.41) is 3.21. The SMILES string of the molecule is Cc1ccc(Cl)cc1NC(=O)c1nc2ccccc2n(C)c1=O. The number of aromatic nitrogens is 2. The molecule has 1 heterocycles. The second kappa shape index (κ2) is 5.85. The fourth-order valence-electron chi connectivity index (χ4n) is 2.34. The lowest BCUT2D eigenvalue weighted by atomic mass is 10.2. The third-order valence-electron chi connectivity index (χ3n) is 3.65. The number of fused-ring (bicyclic) bond motifs is 1. The minimum Gasteiger partial charge on any atom is -0.320 e. The minimum absolute atomic E-state index is 0.148. The molecule has 0 unspecified atom stereocenters. The molecule has 23 heavy (non-hydrogen) atoms. The van der Waals surface area contributed by atoms with Gasteiger partial charge in [-0.2, -0.15) is 0 Å². The molecule has 2 aromatic carbocycles. The van der Waals surface area contributed by atoms with Crippen LogP contribution in [0, 0.1) is 6.92 Å². The van der Waals surface area contributed by atoms with Gasteiger partial charge in [0.1, 0.15) is 0 Å². The number of hydrogen-bond acceptors (Lipinski definition) is 3.